The van der Waals surface area contributed by atoms with E-state index in [4.69, 9.17) is 4.74 Å². The molecule has 3 rings (SSSR count). The number of esters is 1. The molecule has 9 nitrogen and oxygen atoms in total. The molecule has 1 aliphatic rings. The van der Waals surface area contributed by atoms with E-state index in [1.165, 1.54) is 6.07 Å². The van der Waals surface area contributed by atoms with Crippen molar-refractivity contribution in [2.75, 3.05) is 19.7 Å². The Balaban J connectivity index is 1.61. The number of nitro groups is 1. The molecule has 170 valence electrons. The van der Waals surface area contributed by atoms with Crippen molar-refractivity contribution in [3.63, 3.8) is 0 Å². The maximum atomic E-state index is 12.6. The highest BCUT2D eigenvalue weighted by Crippen LogP contribution is 2.19. The zero-order chi connectivity index (χ0) is 23.1. The Bertz CT molecular complexity index is 968. The summed E-state index contributed by atoms with van der Waals surface area (Å²) in [6.07, 6.45) is 1.39. The number of aliphatic hydroxyl groups is 1. The highest BCUT2D eigenvalue weighted by Gasteiger charge is 2.19. The van der Waals surface area contributed by atoms with E-state index in [2.05, 4.69) is 10.2 Å². The molecule has 0 aromatic heterocycles. The molecule has 0 aliphatic carbocycles. The zero-order valence-corrected chi connectivity index (χ0v) is 18.0. The number of non-ortho nitro benzene ring substituents is 1. The molecule has 1 aliphatic heterocycles. The van der Waals surface area contributed by atoms with E-state index < -0.39 is 16.8 Å². The number of ether oxygens (including phenoxy) is 1. The van der Waals surface area contributed by atoms with Gasteiger partial charge in [-0.2, -0.15) is 0 Å². The molecule has 1 heterocycles. The van der Waals surface area contributed by atoms with Crippen LogP contribution in [0.25, 0.3) is 0 Å². The number of carbonyl (C=O) groups is 2. The number of nitrogens with one attached hydrogen (secondary N) is 1. The lowest BCUT2D eigenvalue weighted by atomic mass is 10.1. The largest absolute Gasteiger partial charge is 0.462 e. The number of hydrogen-bond donors (Lipinski definition) is 2. The van der Waals surface area contributed by atoms with Gasteiger partial charge in [0.05, 0.1) is 23.2 Å². The van der Waals surface area contributed by atoms with Gasteiger partial charge < -0.3 is 15.2 Å². The molecule has 1 saturated heterocycles. The van der Waals surface area contributed by atoms with Gasteiger partial charge in [-0.05, 0) is 37.0 Å². The molecule has 0 saturated carbocycles. The van der Waals surface area contributed by atoms with Gasteiger partial charge in [0.15, 0.2) is 0 Å². The fourth-order valence-corrected chi connectivity index (χ4v) is 3.56. The van der Waals surface area contributed by atoms with Gasteiger partial charge in [0.2, 0.25) is 0 Å². The van der Waals surface area contributed by atoms with Crippen LogP contribution in [0.3, 0.4) is 0 Å². The van der Waals surface area contributed by atoms with Crippen LogP contribution in [0.4, 0.5) is 5.69 Å². The number of amides is 1. The van der Waals surface area contributed by atoms with Crippen LogP contribution < -0.4 is 5.32 Å². The molecule has 0 atom stereocenters. The fraction of sp³-hybridized carbons (Fsp3) is 0.391. The summed E-state index contributed by atoms with van der Waals surface area (Å²) in [5.74, 6) is -1.24. The van der Waals surface area contributed by atoms with Crippen molar-refractivity contribution < 1.29 is 24.4 Å². The number of nitrogens with zero attached hydrogens (tertiary/aromatic N) is 2. The standard InChI is InChI=1S/C23H27N3O6/c1-2-32-23(29)19-11-18(12-20(13-19)26(30)31)22(28)24-14-16-3-5-17(6-4-16)15-25-9-7-21(27)8-10-25/h3-6,11-13,21,27H,2,7-10,14-15H2,1H3,(H,24,28). The number of carbonyl (C=O) groups excluding carboxylic acids is 2. The second-order valence-corrected chi connectivity index (χ2v) is 7.75. The van der Waals surface area contributed by atoms with Crippen molar-refractivity contribution in [3.05, 3.63) is 74.8 Å². The fourth-order valence-electron chi connectivity index (χ4n) is 3.56. The van der Waals surface area contributed by atoms with Crippen molar-refractivity contribution in [1.82, 2.24) is 10.2 Å². The molecular weight excluding hydrogens is 414 g/mol. The number of benzene rings is 2. The number of likely N-dealkylation sites (tertiary alicyclic amines) is 1. The van der Waals surface area contributed by atoms with Crippen LogP contribution in [-0.4, -0.2) is 52.6 Å². The van der Waals surface area contributed by atoms with Gasteiger partial charge >= 0.3 is 5.97 Å². The summed E-state index contributed by atoms with van der Waals surface area (Å²) in [5, 5.41) is 23.5. The maximum Gasteiger partial charge on any atom is 0.338 e. The molecule has 9 heteroatoms. The van der Waals surface area contributed by atoms with E-state index in [-0.39, 0.29) is 36.1 Å². The van der Waals surface area contributed by atoms with Gasteiger partial charge in [-0.15, -0.1) is 0 Å². The lowest BCUT2D eigenvalue weighted by Gasteiger charge is -2.29. The van der Waals surface area contributed by atoms with Crippen LogP contribution in [0.2, 0.25) is 0 Å². The highest BCUT2D eigenvalue weighted by molar-refractivity contribution is 5.99. The van der Waals surface area contributed by atoms with Crippen molar-refractivity contribution in [3.8, 4) is 0 Å². The average Bonchev–Trinajstić information content (AvgIpc) is 2.79. The Kier molecular flexibility index (Phi) is 7.91. The van der Waals surface area contributed by atoms with Crippen molar-refractivity contribution in [2.45, 2.75) is 39.0 Å². The minimum atomic E-state index is -0.718. The normalized spacial score (nSPS) is 14.7. The minimum absolute atomic E-state index is 0.0196. The predicted molar refractivity (Wildman–Crippen MR) is 117 cm³/mol. The van der Waals surface area contributed by atoms with E-state index in [1.807, 2.05) is 24.3 Å². The topological polar surface area (TPSA) is 122 Å². The first-order valence-electron chi connectivity index (χ1n) is 10.6. The smallest absolute Gasteiger partial charge is 0.338 e. The van der Waals surface area contributed by atoms with Crippen molar-refractivity contribution in [1.29, 1.82) is 0 Å². The number of nitro benzene ring substituents is 1. The molecule has 1 amide bonds. The van der Waals surface area contributed by atoms with Gasteiger partial charge in [-0.1, -0.05) is 24.3 Å². The average molecular weight is 441 g/mol. The molecule has 1 fully saturated rings. The second kappa shape index (κ2) is 10.8. The number of aliphatic hydroxyl groups excluding tert-OH is 1. The molecule has 2 N–H and O–H groups in total. The van der Waals surface area contributed by atoms with E-state index in [0.29, 0.717) is 0 Å². The molecule has 32 heavy (non-hydrogen) atoms. The number of hydrogen-bond acceptors (Lipinski definition) is 7. The highest BCUT2D eigenvalue weighted by atomic mass is 16.6. The maximum absolute atomic E-state index is 12.6. The van der Waals surface area contributed by atoms with Gasteiger partial charge in [0, 0.05) is 43.9 Å². The Morgan fingerprint density at radius 2 is 1.75 bits per heavy atom. The van der Waals surface area contributed by atoms with Crippen molar-refractivity contribution >= 4 is 17.6 Å². The van der Waals surface area contributed by atoms with Gasteiger partial charge in [0.1, 0.15) is 0 Å². The van der Waals surface area contributed by atoms with E-state index in [9.17, 15) is 24.8 Å². The first kappa shape index (κ1) is 23.4. The Labute approximate surface area is 186 Å². The summed E-state index contributed by atoms with van der Waals surface area (Å²) in [7, 11) is 0. The lowest BCUT2D eigenvalue weighted by Crippen LogP contribution is -2.35. The zero-order valence-electron chi connectivity index (χ0n) is 18.0. The minimum Gasteiger partial charge on any atom is -0.462 e. The second-order valence-electron chi connectivity index (χ2n) is 7.75. The summed E-state index contributed by atoms with van der Waals surface area (Å²) < 4.78 is 4.89. The summed E-state index contributed by atoms with van der Waals surface area (Å²) in [6.45, 7) is 4.55. The van der Waals surface area contributed by atoms with Crippen molar-refractivity contribution in [2.24, 2.45) is 0 Å². The molecule has 0 radical (unpaired) electrons. The molecule has 0 bridgehead atoms. The van der Waals surface area contributed by atoms with Crippen LogP contribution in [0.5, 0.6) is 0 Å². The monoisotopic (exact) mass is 441 g/mol. The number of rotatable bonds is 8. The third-order valence-corrected chi connectivity index (χ3v) is 5.34. The van der Waals surface area contributed by atoms with Crippen LogP contribution in [0.15, 0.2) is 42.5 Å². The Hall–Kier alpha value is -3.30. The van der Waals surface area contributed by atoms with Gasteiger partial charge in [0.25, 0.3) is 11.6 Å². The summed E-state index contributed by atoms with van der Waals surface area (Å²) in [5.41, 5.74) is 1.66. The Morgan fingerprint density at radius 3 is 2.38 bits per heavy atom. The third-order valence-electron chi connectivity index (χ3n) is 5.34. The quantitative estimate of drug-likeness (QED) is 0.367. The van der Waals surface area contributed by atoms with Crippen LogP contribution in [-0.2, 0) is 17.8 Å². The Morgan fingerprint density at radius 1 is 1.12 bits per heavy atom. The molecule has 0 spiro atoms. The third kappa shape index (κ3) is 6.35. The predicted octanol–water partition coefficient (Wildman–Crippen LogP) is 2.66. The summed E-state index contributed by atoms with van der Waals surface area (Å²) in [4.78, 5) is 37.4. The summed E-state index contributed by atoms with van der Waals surface area (Å²) in [6, 6.07) is 11.4. The van der Waals surface area contributed by atoms with Crippen LogP contribution >= 0.6 is 0 Å². The van der Waals surface area contributed by atoms with E-state index in [1.54, 1.807) is 6.92 Å². The first-order chi connectivity index (χ1) is 15.4. The first-order valence-corrected chi connectivity index (χ1v) is 10.6. The van der Waals surface area contributed by atoms with Gasteiger partial charge in [-0.25, -0.2) is 4.79 Å². The van der Waals surface area contributed by atoms with E-state index in [0.717, 1.165) is 55.7 Å². The van der Waals surface area contributed by atoms with Crippen LogP contribution in [0, 0.1) is 10.1 Å². The van der Waals surface area contributed by atoms with E-state index >= 15 is 0 Å². The molecule has 2 aromatic carbocycles. The lowest BCUT2D eigenvalue weighted by molar-refractivity contribution is -0.384. The molecule has 0 unspecified atom stereocenters. The summed E-state index contributed by atoms with van der Waals surface area (Å²) >= 11 is 0. The molecule has 2 aromatic rings. The number of piperidine rings is 1. The van der Waals surface area contributed by atoms with Crippen LogP contribution in [0.1, 0.15) is 51.6 Å². The van der Waals surface area contributed by atoms with Gasteiger partial charge in [-0.3, -0.25) is 19.8 Å². The SMILES string of the molecule is CCOC(=O)c1cc(C(=O)NCc2ccc(CN3CCC(O)CC3)cc2)cc([N+](=O)[O-])c1. The molecular formula is C23H27N3O6.